The maximum Gasteiger partial charge on any atom is 0.166 e. The first kappa shape index (κ1) is 34.5. The molecule has 6 heteroatoms. The van der Waals surface area contributed by atoms with Gasteiger partial charge in [0.15, 0.2) is 23.1 Å². The molecule has 0 spiro atoms. The van der Waals surface area contributed by atoms with E-state index in [2.05, 4.69) is 193 Å². The fourth-order valence-electron chi connectivity index (χ4n) is 9.99. The van der Waals surface area contributed by atoms with Crippen LogP contribution >= 0.6 is 11.3 Å². The monoisotopic (exact) mass is 820 g/mol. The van der Waals surface area contributed by atoms with Crippen LogP contribution in [0.1, 0.15) is 0 Å². The molecule has 5 nitrogen and oxygen atoms in total. The number of thiophene rings is 1. The minimum Gasteiger partial charge on any atom is -0.454 e. The van der Waals surface area contributed by atoms with Crippen LogP contribution < -0.4 is 0 Å². The van der Waals surface area contributed by atoms with Crippen molar-refractivity contribution < 1.29 is 4.42 Å². The molecule has 10 aromatic carbocycles. The highest BCUT2D eigenvalue weighted by Gasteiger charge is 2.26. The van der Waals surface area contributed by atoms with Crippen molar-refractivity contribution in [2.75, 3.05) is 0 Å². The Balaban J connectivity index is 1.17. The molecule has 0 bridgehead atoms. The molecular formula is C57H32N4OS. The second kappa shape index (κ2) is 13.2. The molecule has 63 heavy (non-hydrogen) atoms. The highest BCUT2D eigenvalue weighted by atomic mass is 32.1. The summed E-state index contributed by atoms with van der Waals surface area (Å²) in [6.45, 7) is 0. The molecule has 0 amide bonds. The van der Waals surface area contributed by atoms with Crippen molar-refractivity contribution in [2.45, 2.75) is 0 Å². The van der Waals surface area contributed by atoms with E-state index >= 15 is 0 Å². The predicted octanol–water partition coefficient (Wildman–Crippen LogP) is 15.7. The van der Waals surface area contributed by atoms with Crippen LogP contribution in [0.25, 0.3) is 136 Å². The number of benzene rings is 10. The zero-order valence-corrected chi connectivity index (χ0v) is 34.4. The number of fused-ring (bicyclic) bond motifs is 13. The fraction of sp³-hybridized carbons (Fsp3) is 0. The van der Waals surface area contributed by atoms with Crippen LogP contribution in [-0.4, -0.2) is 19.5 Å². The van der Waals surface area contributed by atoms with E-state index in [0.717, 1.165) is 98.4 Å². The van der Waals surface area contributed by atoms with Crippen molar-refractivity contribution in [2.24, 2.45) is 0 Å². The third kappa shape index (κ3) is 5.07. The van der Waals surface area contributed by atoms with Crippen LogP contribution in [0, 0.1) is 0 Å². The highest BCUT2D eigenvalue weighted by Crippen LogP contribution is 2.46. The Labute approximate surface area is 363 Å². The first-order valence-corrected chi connectivity index (χ1v) is 22.0. The normalized spacial score (nSPS) is 12.1. The van der Waals surface area contributed by atoms with Crippen molar-refractivity contribution in [3.05, 3.63) is 194 Å². The molecule has 4 aromatic heterocycles. The summed E-state index contributed by atoms with van der Waals surface area (Å²) in [5.41, 5.74) is 7.42. The quantitative estimate of drug-likeness (QED) is 0.177. The number of aromatic nitrogens is 4. The van der Waals surface area contributed by atoms with Gasteiger partial charge in [-0.1, -0.05) is 152 Å². The average molecular weight is 821 g/mol. The van der Waals surface area contributed by atoms with Crippen LogP contribution in [0.15, 0.2) is 199 Å². The third-order valence-electron chi connectivity index (χ3n) is 12.8. The van der Waals surface area contributed by atoms with Crippen LogP contribution in [-0.2, 0) is 0 Å². The van der Waals surface area contributed by atoms with E-state index in [9.17, 15) is 0 Å². The van der Waals surface area contributed by atoms with E-state index in [1.807, 2.05) is 6.07 Å². The second-order valence-electron chi connectivity index (χ2n) is 16.3. The van der Waals surface area contributed by atoms with Crippen LogP contribution in [0.2, 0.25) is 0 Å². The molecule has 0 unspecified atom stereocenters. The fourth-order valence-corrected chi connectivity index (χ4v) is 11.1. The molecule has 0 aliphatic heterocycles. The van der Waals surface area contributed by atoms with Gasteiger partial charge < -0.3 is 8.98 Å². The van der Waals surface area contributed by atoms with Gasteiger partial charge in [-0.05, 0) is 69.4 Å². The molecule has 0 saturated carbocycles. The maximum atomic E-state index is 7.06. The van der Waals surface area contributed by atoms with Crippen molar-refractivity contribution >= 4 is 108 Å². The summed E-state index contributed by atoms with van der Waals surface area (Å²) in [5.74, 6) is 1.79. The molecule has 14 aromatic rings. The Kier molecular flexibility index (Phi) is 7.21. The molecule has 0 N–H and O–H groups in total. The van der Waals surface area contributed by atoms with Gasteiger partial charge in [0.25, 0.3) is 0 Å². The van der Waals surface area contributed by atoms with E-state index < -0.39 is 0 Å². The van der Waals surface area contributed by atoms with Gasteiger partial charge in [0.05, 0.1) is 11.0 Å². The van der Waals surface area contributed by atoms with Gasteiger partial charge in [0, 0.05) is 63.8 Å². The third-order valence-corrected chi connectivity index (χ3v) is 13.9. The first-order valence-electron chi connectivity index (χ1n) is 21.2. The van der Waals surface area contributed by atoms with Crippen LogP contribution in [0.3, 0.4) is 0 Å². The number of nitrogens with zero attached hydrogens (tertiary/aromatic N) is 4. The minimum absolute atomic E-state index is 0.563. The second-order valence-corrected chi connectivity index (χ2v) is 17.4. The largest absolute Gasteiger partial charge is 0.454 e. The van der Waals surface area contributed by atoms with Gasteiger partial charge in [0.1, 0.15) is 11.3 Å². The molecule has 0 atom stereocenters. The van der Waals surface area contributed by atoms with E-state index in [4.69, 9.17) is 19.4 Å². The van der Waals surface area contributed by atoms with Crippen LogP contribution in [0.5, 0.6) is 0 Å². The summed E-state index contributed by atoms with van der Waals surface area (Å²) < 4.78 is 11.9. The summed E-state index contributed by atoms with van der Waals surface area (Å²) in [5, 5.41) is 13.6. The molecule has 0 fully saturated rings. The maximum absolute atomic E-state index is 7.06. The zero-order chi connectivity index (χ0) is 41.2. The van der Waals surface area contributed by atoms with Crippen molar-refractivity contribution in [3.63, 3.8) is 0 Å². The molecule has 0 aliphatic rings. The van der Waals surface area contributed by atoms with E-state index in [1.165, 1.54) is 20.2 Å². The lowest BCUT2D eigenvalue weighted by Crippen LogP contribution is -2.04. The zero-order valence-electron chi connectivity index (χ0n) is 33.6. The van der Waals surface area contributed by atoms with Gasteiger partial charge >= 0.3 is 0 Å². The number of para-hydroxylation sites is 1. The molecule has 0 saturated heterocycles. The van der Waals surface area contributed by atoms with Crippen molar-refractivity contribution in [3.8, 4) is 39.9 Å². The summed E-state index contributed by atoms with van der Waals surface area (Å²) in [7, 11) is 0. The topological polar surface area (TPSA) is 56.7 Å². The van der Waals surface area contributed by atoms with E-state index in [0.29, 0.717) is 17.5 Å². The Morgan fingerprint density at radius 3 is 1.81 bits per heavy atom. The average Bonchev–Trinajstić information content (AvgIpc) is 4.02. The lowest BCUT2D eigenvalue weighted by atomic mass is 10.0. The van der Waals surface area contributed by atoms with Gasteiger partial charge in [-0.3, -0.25) is 0 Å². The smallest absolute Gasteiger partial charge is 0.166 e. The lowest BCUT2D eigenvalue weighted by molar-refractivity contribution is 0.666. The Hall–Kier alpha value is -8.19. The molecular weight excluding hydrogens is 789 g/mol. The predicted molar refractivity (Wildman–Crippen MR) is 263 cm³/mol. The standard InChI is InChI=1S/C57H32N4OS/c1-2-16-36-32-47-46(31-35(36)15-1)40-28-27-34-14-4-6-19-38(34)52(40)61(47)53-45(30-29-41-39-20-7-9-24-48(39)62-54(41)53)57-59-55(42-22-11-17-33-13-3-5-18-37(33)42)58-56(60-57)44-23-12-26-50-51(44)43-21-8-10-25-49(43)63-50/h1-32H. The lowest BCUT2D eigenvalue weighted by Gasteiger charge is -2.16. The van der Waals surface area contributed by atoms with Gasteiger partial charge in [-0.2, -0.15) is 0 Å². The number of rotatable bonds is 4. The summed E-state index contributed by atoms with van der Waals surface area (Å²) >= 11 is 1.79. The van der Waals surface area contributed by atoms with Gasteiger partial charge in [-0.25, -0.2) is 15.0 Å². The number of hydrogen-bond donors (Lipinski definition) is 0. The summed E-state index contributed by atoms with van der Waals surface area (Å²) in [6, 6.07) is 69.0. The molecule has 4 heterocycles. The van der Waals surface area contributed by atoms with E-state index in [1.54, 1.807) is 11.3 Å². The SMILES string of the molecule is c1ccc2cc3c(cc2c1)c1ccc2ccccc2c1n3-c1c(-c2nc(-c3cccc4ccccc34)nc(-c3cccc4sc5ccccc5c34)n2)ccc2c1oc1ccccc12. The Bertz CT molecular complexity index is 4230. The molecule has 0 aliphatic carbocycles. The van der Waals surface area contributed by atoms with Crippen molar-refractivity contribution in [1.29, 1.82) is 0 Å². The van der Waals surface area contributed by atoms with Crippen LogP contribution in [0.4, 0.5) is 0 Å². The summed E-state index contributed by atoms with van der Waals surface area (Å²) in [6.07, 6.45) is 0. The minimum atomic E-state index is 0.563. The Morgan fingerprint density at radius 1 is 0.381 bits per heavy atom. The Morgan fingerprint density at radius 2 is 0.968 bits per heavy atom. The molecule has 0 radical (unpaired) electrons. The molecule has 292 valence electrons. The highest BCUT2D eigenvalue weighted by molar-refractivity contribution is 7.25. The first-order chi connectivity index (χ1) is 31.2. The van der Waals surface area contributed by atoms with Gasteiger partial charge in [0.2, 0.25) is 0 Å². The summed E-state index contributed by atoms with van der Waals surface area (Å²) in [4.78, 5) is 16.5. The number of furan rings is 1. The number of hydrogen-bond acceptors (Lipinski definition) is 5. The van der Waals surface area contributed by atoms with Gasteiger partial charge in [-0.15, -0.1) is 11.3 Å². The van der Waals surface area contributed by atoms with Crippen molar-refractivity contribution in [1.82, 2.24) is 19.5 Å². The van der Waals surface area contributed by atoms with E-state index in [-0.39, 0.29) is 0 Å². The molecule has 14 rings (SSSR count).